The summed E-state index contributed by atoms with van der Waals surface area (Å²) in [6.45, 7) is 6.81. The molecule has 0 atom stereocenters. The van der Waals surface area contributed by atoms with Crippen molar-refractivity contribution >= 4 is 21.9 Å². The molecule has 6 rings (SSSR count). The Balaban J connectivity index is 1.65. The summed E-state index contributed by atoms with van der Waals surface area (Å²) in [5.74, 6) is 0.556. The molecule has 0 radical (unpaired) electrons. The highest BCUT2D eigenvalue weighted by Gasteiger charge is 2.24. The van der Waals surface area contributed by atoms with E-state index in [4.69, 9.17) is 4.42 Å². The molecule has 2 nitrogen and oxygen atoms in total. The fourth-order valence-electron chi connectivity index (χ4n) is 5.96. The summed E-state index contributed by atoms with van der Waals surface area (Å²) >= 11 is 0. The number of para-hydroxylation sites is 1. The van der Waals surface area contributed by atoms with E-state index in [0.717, 1.165) is 17.6 Å². The van der Waals surface area contributed by atoms with Gasteiger partial charge in [0.05, 0.1) is 5.56 Å². The van der Waals surface area contributed by atoms with E-state index in [2.05, 4.69) is 99.2 Å². The predicted octanol–water partition coefficient (Wildman–Crippen LogP) is 8.06. The van der Waals surface area contributed by atoms with Crippen LogP contribution in [-0.4, -0.2) is 0 Å². The summed E-state index contributed by atoms with van der Waals surface area (Å²) in [5.41, 5.74) is 12.8. The molecule has 5 aromatic rings. The second kappa shape index (κ2) is 8.13. The fourth-order valence-corrected chi connectivity index (χ4v) is 5.96. The first-order valence-electron chi connectivity index (χ1n) is 12.6. The summed E-state index contributed by atoms with van der Waals surface area (Å²) in [5, 5.41) is 2.39. The molecule has 3 aromatic carbocycles. The summed E-state index contributed by atoms with van der Waals surface area (Å²) in [7, 11) is 2.10. The molecular weight excluding hydrogens is 414 g/mol. The van der Waals surface area contributed by atoms with Crippen LogP contribution in [-0.2, 0) is 19.9 Å². The molecule has 0 unspecified atom stereocenters. The van der Waals surface area contributed by atoms with E-state index in [1.165, 1.54) is 69.1 Å². The Bertz CT molecular complexity index is 1550. The van der Waals surface area contributed by atoms with Crippen LogP contribution in [0.4, 0.5) is 0 Å². The molecule has 0 saturated carbocycles. The van der Waals surface area contributed by atoms with E-state index in [-0.39, 0.29) is 0 Å². The van der Waals surface area contributed by atoms with Gasteiger partial charge in [0.15, 0.2) is 6.20 Å². The van der Waals surface area contributed by atoms with Crippen molar-refractivity contribution in [1.29, 1.82) is 0 Å². The molecule has 0 aliphatic heterocycles. The van der Waals surface area contributed by atoms with Gasteiger partial charge in [-0.05, 0) is 72.4 Å². The maximum Gasteiger partial charge on any atom is 0.216 e. The molecule has 2 heteroatoms. The zero-order chi connectivity index (χ0) is 23.4. The molecule has 0 N–H and O–H groups in total. The first-order valence-corrected chi connectivity index (χ1v) is 12.6. The van der Waals surface area contributed by atoms with Gasteiger partial charge in [0.2, 0.25) is 5.69 Å². The average molecular weight is 447 g/mol. The van der Waals surface area contributed by atoms with Gasteiger partial charge >= 0.3 is 0 Å². The summed E-state index contributed by atoms with van der Waals surface area (Å²) in [6, 6.07) is 22.2. The Hall–Kier alpha value is -3.39. The minimum absolute atomic E-state index is 0.556. The average Bonchev–Trinajstić information content (AvgIpc) is 3.23. The second-order valence-corrected chi connectivity index (χ2v) is 10.1. The minimum atomic E-state index is 0.556. The van der Waals surface area contributed by atoms with Crippen molar-refractivity contribution in [2.75, 3.05) is 0 Å². The molecule has 1 aliphatic carbocycles. The highest BCUT2D eigenvalue weighted by Crippen LogP contribution is 2.43. The number of pyridine rings is 1. The number of furan rings is 1. The second-order valence-electron chi connectivity index (χ2n) is 10.1. The van der Waals surface area contributed by atoms with Crippen molar-refractivity contribution in [3.05, 3.63) is 89.1 Å². The highest BCUT2D eigenvalue weighted by atomic mass is 16.3. The third-order valence-electron chi connectivity index (χ3n) is 7.67. The number of nitrogens with zero attached hydrogens (tertiary/aromatic N) is 1. The van der Waals surface area contributed by atoms with E-state index < -0.39 is 0 Å². The summed E-state index contributed by atoms with van der Waals surface area (Å²) in [6.07, 6.45) is 7.02. The van der Waals surface area contributed by atoms with E-state index >= 15 is 0 Å². The molecule has 0 amide bonds. The van der Waals surface area contributed by atoms with Crippen molar-refractivity contribution in [2.45, 2.75) is 52.4 Å². The van der Waals surface area contributed by atoms with Crippen LogP contribution in [0.1, 0.15) is 54.9 Å². The van der Waals surface area contributed by atoms with Crippen LogP contribution >= 0.6 is 0 Å². The Kier molecular flexibility index (Phi) is 5.06. The highest BCUT2D eigenvalue weighted by molar-refractivity contribution is 6.13. The monoisotopic (exact) mass is 446 g/mol. The molecule has 0 fully saturated rings. The number of aryl methyl sites for hydroxylation is 2. The topological polar surface area (TPSA) is 17.0 Å². The van der Waals surface area contributed by atoms with Crippen LogP contribution in [0.3, 0.4) is 0 Å². The minimum Gasteiger partial charge on any atom is -0.454 e. The molecule has 2 aromatic heterocycles. The molecule has 0 spiro atoms. The number of aromatic nitrogens is 1. The Labute approximate surface area is 201 Å². The summed E-state index contributed by atoms with van der Waals surface area (Å²) < 4.78 is 8.99. The van der Waals surface area contributed by atoms with Gasteiger partial charge in [-0.2, -0.15) is 0 Å². The quantitative estimate of drug-likeness (QED) is 0.256. The molecule has 0 saturated heterocycles. The van der Waals surface area contributed by atoms with Gasteiger partial charge in [0.1, 0.15) is 18.2 Å². The van der Waals surface area contributed by atoms with Crippen molar-refractivity contribution in [3.63, 3.8) is 0 Å². The van der Waals surface area contributed by atoms with Crippen LogP contribution in [0, 0.1) is 6.92 Å². The fraction of sp³-hybridized carbons (Fsp3) is 0.281. The maximum absolute atomic E-state index is 6.81. The largest absolute Gasteiger partial charge is 0.454 e. The lowest BCUT2D eigenvalue weighted by Gasteiger charge is -2.24. The van der Waals surface area contributed by atoms with Gasteiger partial charge in [-0.3, -0.25) is 0 Å². The van der Waals surface area contributed by atoms with Crippen LogP contribution in [0.15, 0.2) is 71.3 Å². The van der Waals surface area contributed by atoms with Gasteiger partial charge in [-0.25, -0.2) is 4.57 Å². The molecule has 34 heavy (non-hydrogen) atoms. The van der Waals surface area contributed by atoms with E-state index in [1.54, 1.807) is 5.56 Å². The lowest BCUT2D eigenvalue weighted by atomic mass is 9.80. The Morgan fingerprint density at radius 2 is 1.56 bits per heavy atom. The van der Waals surface area contributed by atoms with Crippen molar-refractivity contribution in [2.24, 2.45) is 7.05 Å². The van der Waals surface area contributed by atoms with Gasteiger partial charge in [-0.15, -0.1) is 0 Å². The number of rotatable bonds is 3. The molecule has 0 bridgehead atoms. The van der Waals surface area contributed by atoms with Gasteiger partial charge in [0, 0.05) is 28.5 Å². The SMILES string of the molecule is Cc1ccc2c(oc3c(-c4ccc(C(C)C)c5c4CCCC5)cccc32)c1-c1cccc[n+]1C. The predicted molar refractivity (Wildman–Crippen MR) is 141 cm³/mol. The summed E-state index contributed by atoms with van der Waals surface area (Å²) in [4.78, 5) is 0. The third kappa shape index (κ3) is 3.20. The molecular formula is C32H32NO+. The zero-order valence-electron chi connectivity index (χ0n) is 20.6. The normalized spacial score (nSPS) is 13.7. The van der Waals surface area contributed by atoms with E-state index in [9.17, 15) is 0 Å². The Morgan fingerprint density at radius 3 is 2.35 bits per heavy atom. The standard InChI is InChI=1S/C32H32NO/c1-20(2)22-17-18-25(24-11-6-5-10-23(22)24)26-12-9-13-27-28-16-15-21(3)30(32(28)34-31(26)27)29-14-7-8-19-33(29)4/h7-9,12-20H,5-6,10-11H2,1-4H3/q+1. The molecule has 1 aliphatic rings. The van der Waals surface area contributed by atoms with Gasteiger partial charge < -0.3 is 4.42 Å². The number of hydrogen-bond acceptors (Lipinski definition) is 1. The van der Waals surface area contributed by atoms with Crippen LogP contribution in [0.25, 0.3) is 44.3 Å². The van der Waals surface area contributed by atoms with Gasteiger partial charge in [0.25, 0.3) is 0 Å². The maximum atomic E-state index is 6.81. The van der Waals surface area contributed by atoms with Crippen LogP contribution < -0.4 is 4.57 Å². The van der Waals surface area contributed by atoms with Crippen LogP contribution in [0.5, 0.6) is 0 Å². The van der Waals surface area contributed by atoms with E-state index in [1.807, 2.05) is 0 Å². The first kappa shape index (κ1) is 21.2. The Morgan fingerprint density at radius 1 is 0.765 bits per heavy atom. The molecule has 170 valence electrons. The number of fused-ring (bicyclic) bond motifs is 4. The number of hydrogen-bond donors (Lipinski definition) is 0. The third-order valence-corrected chi connectivity index (χ3v) is 7.67. The van der Waals surface area contributed by atoms with Crippen molar-refractivity contribution in [3.8, 4) is 22.4 Å². The van der Waals surface area contributed by atoms with Crippen molar-refractivity contribution < 1.29 is 8.98 Å². The lowest BCUT2D eigenvalue weighted by Crippen LogP contribution is -2.30. The first-order chi connectivity index (χ1) is 16.5. The van der Waals surface area contributed by atoms with Crippen molar-refractivity contribution in [1.82, 2.24) is 0 Å². The zero-order valence-corrected chi connectivity index (χ0v) is 20.6. The lowest BCUT2D eigenvalue weighted by molar-refractivity contribution is -0.660. The van der Waals surface area contributed by atoms with E-state index in [0.29, 0.717) is 5.92 Å². The smallest absolute Gasteiger partial charge is 0.216 e. The molecule has 2 heterocycles. The van der Waals surface area contributed by atoms with Gasteiger partial charge in [-0.1, -0.05) is 56.3 Å². The number of benzene rings is 3. The van der Waals surface area contributed by atoms with Crippen LogP contribution in [0.2, 0.25) is 0 Å².